The number of ether oxygens (including phenoxy) is 1. The zero-order valence-corrected chi connectivity index (χ0v) is 31.2. The van der Waals surface area contributed by atoms with E-state index in [4.69, 9.17) is 36.2 Å². The number of aryl methyl sites for hydroxylation is 1. The van der Waals surface area contributed by atoms with Crippen molar-refractivity contribution in [2.75, 3.05) is 59.8 Å². The number of halogens is 4. The molecule has 56 heavy (non-hydrogen) atoms. The van der Waals surface area contributed by atoms with Crippen molar-refractivity contribution in [1.29, 1.82) is 0 Å². The van der Waals surface area contributed by atoms with E-state index in [2.05, 4.69) is 39.4 Å². The molecule has 8 rings (SSSR count). The van der Waals surface area contributed by atoms with Crippen LogP contribution >= 0.6 is 11.6 Å². The van der Waals surface area contributed by atoms with Crippen LogP contribution < -0.4 is 20.0 Å². The van der Waals surface area contributed by atoms with E-state index in [1.165, 1.54) is 0 Å². The Bertz CT molecular complexity index is 2120. The van der Waals surface area contributed by atoms with E-state index < -0.39 is 47.1 Å². The fourth-order valence-electron chi connectivity index (χ4n) is 7.53. The van der Waals surface area contributed by atoms with Gasteiger partial charge in [0.15, 0.2) is 5.82 Å². The maximum absolute atomic E-state index is 13.2. The van der Waals surface area contributed by atoms with E-state index in [0.29, 0.717) is 52.6 Å². The zero-order chi connectivity index (χ0) is 39.7. The highest BCUT2D eigenvalue weighted by Gasteiger charge is 2.42. The standard InChI is InChI=1S/C36H35ClN6O5S.C2HF3O2/c37-22-9-11-24(12-10-22)41-14-16-42(17-15-41)35-39-30-13-18-49(47)32(30)33(40-35)43-20-23(19-31(43)34(44)45)38-36(46)48-21-29-27-7-3-1-5-25(27)26-6-2-4-8-28(26)29;3-2(4,5)1(6)7/h1-12,23,29,31H,13-21H2,(H,38,46)(H,44,45);(H,6,7)/t23-,31+,49?;/m1./s1. The number of carbonyl (C=O) groups excluding carboxylic acids is 1. The number of amides is 1. The van der Waals surface area contributed by atoms with Crippen LogP contribution in [0.15, 0.2) is 77.7 Å². The van der Waals surface area contributed by atoms with Crippen LogP contribution in [0.1, 0.15) is 29.2 Å². The molecule has 294 valence electrons. The number of carboxylic acid groups (broad SMARTS) is 2. The monoisotopic (exact) mass is 812 g/mol. The van der Waals surface area contributed by atoms with Gasteiger partial charge in [-0.05, 0) is 46.5 Å². The second-order valence-electron chi connectivity index (χ2n) is 13.6. The van der Waals surface area contributed by atoms with Crippen molar-refractivity contribution in [1.82, 2.24) is 15.3 Å². The number of hydrogen-bond donors (Lipinski definition) is 3. The van der Waals surface area contributed by atoms with Gasteiger partial charge in [0.2, 0.25) is 5.95 Å². The van der Waals surface area contributed by atoms with Crippen LogP contribution in [0.5, 0.6) is 0 Å². The first-order valence-corrected chi connectivity index (χ1v) is 19.4. The number of aromatic nitrogens is 2. The highest BCUT2D eigenvalue weighted by atomic mass is 35.5. The number of fused-ring (bicyclic) bond motifs is 4. The average Bonchev–Trinajstić information content (AvgIpc) is 3.87. The van der Waals surface area contributed by atoms with Gasteiger partial charge in [0, 0.05) is 67.9 Å². The fraction of sp³-hybridized carbons (Fsp3) is 0.342. The van der Waals surface area contributed by atoms with Crippen molar-refractivity contribution in [3.63, 3.8) is 0 Å². The zero-order valence-electron chi connectivity index (χ0n) is 29.6. The Morgan fingerprint density at radius 1 is 0.893 bits per heavy atom. The van der Waals surface area contributed by atoms with Crippen LogP contribution in [0.4, 0.5) is 35.4 Å². The quantitative estimate of drug-likeness (QED) is 0.220. The van der Waals surface area contributed by atoms with E-state index in [0.717, 1.165) is 41.0 Å². The van der Waals surface area contributed by atoms with E-state index >= 15 is 0 Å². The van der Waals surface area contributed by atoms with Crippen molar-refractivity contribution >= 4 is 57.9 Å². The number of carbonyl (C=O) groups is 3. The summed E-state index contributed by atoms with van der Waals surface area (Å²) in [6.07, 6.45) is -5.00. The molecule has 0 bridgehead atoms. The average molecular weight is 813 g/mol. The third-order valence-electron chi connectivity index (χ3n) is 10.2. The summed E-state index contributed by atoms with van der Waals surface area (Å²) >= 11 is 6.08. The summed E-state index contributed by atoms with van der Waals surface area (Å²) in [6, 6.07) is 22.6. The van der Waals surface area contributed by atoms with Gasteiger partial charge in [0.1, 0.15) is 17.5 Å². The van der Waals surface area contributed by atoms with Crippen LogP contribution in [-0.4, -0.2) is 106 Å². The molecule has 0 spiro atoms. The molecule has 4 heterocycles. The Morgan fingerprint density at radius 3 is 2.07 bits per heavy atom. The minimum atomic E-state index is -5.08. The highest BCUT2D eigenvalue weighted by molar-refractivity contribution is 7.85. The van der Waals surface area contributed by atoms with Gasteiger partial charge in [-0.2, -0.15) is 18.2 Å². The lowest BCUT2D eigenvalue weighted by atomic mass is 9.98. The maximum Gasteiger partial charge on any atom is 0.490 e. The van der Waals surface area contributed by atoms with Crippen molar-refractivity contribution in [3.05, 3.63) is 94.6 Å². The number of benzene rings is 3. The molecule has 1 aromatic heterocycles. The van der Waals surface area contributed by atoms with Gasteiger partial charge in [-0.1, -0.05) is 60.1 Å². The third-order valence-corrected chi connectivity index (χ3v) is 11.9. The molecule has 0 saturated carbocycles. The van der Waals surface area contributed by atoms with E-state index in [9.17, 15) is 32.1 Å². The van der Waals surface area contributed by atoms with Crippen LogP contribution in [0.2, 0.25) is 5.02 Å². The molecule has 1 aliphatic carbocycles. The molecule has 1 amide bonds. The summed E-state index contributed by atoms with van der Waals surface area (Å²) in [7, 11) is -1.35. The molecule has 13 nitrogen and oxygen atoms in total. The first-order valence-electron chi connectivity index (χ1n) is 17.7. The summed E-state index contributed by atoms with van der Waals surface area (Å²) in [4.78, 5) is 50.9. The Morgan fingerprint density at radius 2 is 1.48 bits per heavy atom. The summed E-state index contributed by atoms with van der Waals surface area (Å²) in [5.74, 6) is -2.59. The van der Waals surface area contributed by atoms with Gasteiger partial charge in [-0.25, -0.2) is 19.4 Å². The molecular formula is C38H36ClF3N6O7S. The van der Waals surface area contributed by atoms with Crippen LogP contribution in [0.3, 0.4) is 0 Å². The number of piperazine rings is 1. The summed E-state index contributed by atoms with van der Waals surface area (Å²) in [6.45, 7) is 3.17. The second-order valence-corrected chi connectivity index (χ2v) is 15.5. The normalized spacial score (nSPS) is 20.1. The predicted octanol–water partition coefficient (Wildman–Crippen LogP) is 5.32. The summed E-state index contributed by atoms with van der Waals surface area (Å²) < 4.78 is 50.7. The Hall–Kier alpha value is -5.42. The van der Waals surface area contributed by atoms with E-state index in [1.54, 1.807) is 4.90 Å². The number of anilines is 3. The van der Waals surface area contributed by atoms with Crippen molar-refractivity contribution in [3.8, 4) is 11.1 Å². The lowest BCUT2D eigenvalue weighted by molar-refractivity contribution is -0.192. The van der Waals surface area contributed by atoms with Crippen molar-refractivity contribution in [2.24, 2.45) is 0 Å². The number of hydrogen-bond acceptors (Lipinski definition) is 10. The van der Waals surface area contributed by atoms with Crippen molar-refractivity contribution in [2.45, 2.75) is 41.9 Å². The fourth-order valence-corrected chi connectivity index (χ4v) is 9.02. The molecule has 2 fully saturated rings. The lowest BCUT2D eigenvalue weighted by Crippen LogP contribution is -2.47. The van der Waals surface area contributed by atoms with Crippen LogP contribution in [0.25, 0.3) is 11.1 Å². The number of rotatable bonds is 7. The minimum absolute atomic E-state index is 0.0879. The van der Waals surface area contributed by atoms with Gasteiger partial charge < -0.3 is 35.0 Å². The second kappa shape index (κ2) is 16.0. The van der Waals surface area contributed by atoms with Crippen LogP contribution in [0, 0.1) is 0 Å². The molecule has 4 aromatic rings. The Kier molecular flexibility index (Phi) is 11.1. The number of alkyl halides is 3. The number of nitrogens with zero attached hydrogens (tertiary/aromatic N) is 5. The smallest absolute Gasteiger partial charge is 0.480 e. The molecular weight excluding hydrogens is 777 g/mol. The molecule has 0 radical (unpaired) electrons. The molecule has 3 N–H and O–H groups in total. The van der Waals surface area contributed by atoms with Gasteiger partial charge in [0.25, 0.3) is 0 Å². The topological polar surface area (TPSA) is 165 Å². The number of nitrogens with one attached hydrogen (secondary N) is 1. The van der Waals surface area contributed by atoms with Gasteiger partial charge >= 0.3 is 24.2 Å². The molecule has 2 saturated heterocycles. The third kappa shape index (κ3) is 8.09. The molecule has 3 aromatic carbocycles. The molecule has 18 heteroatoms. The predicted molar refractivity (Wildman–Crippen MR) is 202 cm³/mol. The first kappa shape index (κ1) is 38.8. The summed E-state index contributed by atoms with van der Waals surface area (Å²) in [5, 5.41) is 21.0. The van der Waals surface area contributed by atoms with Gasteiger partial charge in [-0.3, -0.25) is 4.21 Å². The minimum Gasteiger partial charge on any atom is -0.480 e. The highest BCUT2D eigenvalue weighted by Crippen LogP contribution is 2.44. The molecule has 4 aliphatic rings. The van der Waals surface area contributed by atoms with Crippen molar-refractivity contribution < 1.29 is 46.7 Å². The summed E-state index contributed by atoms with van der Waals surface area (Å²) in [5.41, 5.74) is 6.28. The molecule has 3 aliphatic heterocycles. The first-order chi connectivity index (χ1) is 26.8. The van der Waals surface area contributed by atoms with E-state index in [-0.39, 0.29) is 25.5 Å². The molecule has 1 unspecified atom stereocenters. The largest absolute Gasteiger partial charge is 0.490 e. The maximum atomic E-state index is 13.2. The molecule has 3 atom stereocenters. The number of aliphatic carboxylic acids is 2. The SMILES string of the molecule is O=C(N[C@@H]1C[C@@H](C(=O)O)N(c2nc(N3CCN(c4ccc(Cl)cc4)CC3)nc3c2S(=O)CC3)C1)OCC1c2ccccc2-c2ccccc21.O=C(O)C(F)(F)F. The van der Waals surface area contributed by atoms with Gasteiger partial charge in [-0.15, -0.1) is 0 Å². The number of alkyl carbamates (subject to hydrolysis) is 1. The van der Waals surface area contributed by atoms with E-state index in [1.807, 2.05) is 48.5 Å². The Labute approximate surface area is 326 Å². The number of carboxylic acids is 2. The van der Waals surface area contributed by atoms with Crippen LogP contribution in [-0.2, 0) is 31.5 Å². The van der Waals surface area contributed by atoms with Gasteiger partial charge in [0.05, 0.1) is 22.5 Å². The Balaban J connectivity index is 0.000000629. The lowest BCUT2D eigenvalue weighted by Gasteiger charge is -2.36.